The first-order chi connectivity index (χ1) is 15.0. The first-order valence-electron chi connectivity index (χ1n) is 11.2. The number of carbonyl (C=O) groups is 1. The van der Waals surface area contributed by atoms with E-state index in [1.54, 1.807) is 19.2 Å². The van der Waals surface area contributed by atoms with E-state index in [0.717, 1.165) is 23.4 Å². The number of ether oxygens (including phenoxy) is 2. The third kappa shape index (κ3) is 6.84. The molecule has 2 aromatic rings. The monoisotopic (exact) mass is 457 g/mol. The van der Waals surface area contributed by atoms with E-state index < -0.39 is 8.32 Å². The Morgan fingerprint density at radius 2 is 1.72 bits per heavy atom. The molecule has 0 unspecified atom stereocenters. The lowest BCUT2D eigenvalue weighted by atomic mass is 9.95. The highest BCUT2D eigenvalue weighted by Gasteiger charge is 2.37. The molecule has 0 aliphatic rings. The Kier molecular flexibility index (Phi) is 8.93. The number of anilines is 1. The van der Waals surface area contributed by atoms with Crippen LogP contribution < -0.4 is 9.64 Å². The maximum absolute atomic E-state index is 12.6. The van der Waals surface area contributed by atoms with Gasteiger partial charge in [0, 0.05) is 43.9 Å². The fourth-order valence-corrected chi connectivity index (χ4v) is 4.21. The summed E-state index contributed by atoms with van der Waals surface area (Å²) in [5, 5.41) is 0.146. The lowest BCUT2D eigenvalue weighted by Crippen LogP contribution is -2.41. The van der Waals surface area contributed by atoms with Gasteiger partial charge in [0.15, 0.2) is 8.32 Å². The van der Waals surface area contributed by atoms with E-state index in [4.69, 9.17) is 13.9 Å². The van der Waals surface area contributed by atoms with Gasteiger partial charge in [0.25, 0.3) is 0 Å². The van der Waals surface area contributed by atoms with Crippen molar-refractivity contribution in [3.63, 3.8) is 0 Å². The van der Waals surface area contributed by atoms with Crippen LogP contribution in [0.15, 0.2) is 48.5 Å². The molecule has 0 saturated heterocycles. The predicted molar refractivity (Wildman–Crippen MR) is 135 cm³/mol. The number of hydrogen-bond acceptors (Lipinski definition) is 5. The number of esters is 1. The van der Waals surface area contributed by atoms with Gasteiger partial charge in [0.1, 0.15) is 5.75 Å². The number of carbonyl (C=O) groups excluding carboxylic acids is 1. The molecule has 1 atom stereocenters. The van der Waals surface area contributed by atoms with Crippen LogP contribution in [0.2, 0.25) is 18.1 Å². The Morgan fingerprint density at radius 3 is 2.28 bits per heavy atom. The van der Waals surface area contributed by atoms with Crippen molar-refractivity contribution in [1.29, 1.82) is 0 Å². The van der Waals surface area contributed by atoms with Crippen molar-refractivity contribution >= 4 is 20.0 Å². The molecular formula is C26H39NO4Si. The van der Waals surface area contributed by atoms with Gasteiger partial charge in [-0.15, -0.1) is 0 Å². The minimum atomic E-state index is -1.86. The van der Waals surface area contributed by atoms with Crippen LogP contribution in [0.25, 0.3) is 0 Å². The van der Waals surface area contributed by atoms with Crippen LogP contribution in [0.3, 0.4) is 0 Å². The van der Waals surface area contributed by atoms with E-state index in [2.05, 4.69) is 46.0 Å². The van der Waals surface area contributed by atoms with Gasteiger partial charge in [-0.2, -0.15) is 0 Å². The normalized spacial score (nSPS) is 12.9. The Labute approximate surface area is 194 Å². The summed E-state index contributed by atoms with van der Waals surface area (Å²) in [6.45, 7) is 12.1. The van der Waals surface area contributed by atoms with Crippen molar-refractivity contribution in [3.8, 4) is 5.75 Å². The molecule has 0 aromatic heterocycles. The average molecular weight is 458 g/mol. The smallest absolute Gasteiger partial charge is 0.338 e. The lowest BCUT2D eigenvalue weighted by molar-refractivity contribution is 0.0467. The zero-order valence-corrected chi connectivity index (χ0v) is 21.9. The van der Waals surface area contributed by atoms with Crippen molar-refractivity contribution in [3.05, 3.63) is 59.7 Å². The van der Waals surface area contributed by atoms with Crippen molar-refractivity contribution < 1.29 is 18.7 Å². The number of benzene rings is 2. The van der Waals surface area contributed by atoms with Crippen molar-refractivity contribution in [2.24, 2.45) is 0 Å². The Morgan fingerprint density at radius 1 is 1.06 bits per heavy atom. The average Bonchev–Trinajstić information content (AvgIpc) is 2.75. The molecule has 32 heavy (non-hydrogen) atoms. The molecule has 2 rings (SSSR count). The molecule has 0 N–H and O–H groups in total. The minimum absolute atomic E-state index is 0.0291. The Balaban J connectivity index is 2.21. The molecule has 5 nitrogen and oxygen atoms in total. The number of methoxy groups -OCH3 is 1. The van der Waals surface area contributed by atoms with Crippen LogP contribution in [0, 0.1) is 0 Å². The number of hydrogen-bond donors (Lipinski definition) is 0. The quantitative estimate of drug-likeness (QED) is 0.318. The second kappa shape index (κ2) is 11.0. The molecule has 0 heterocycles. The van der Waals surface area contributed by atoms with Crippen molar-refractivity contribution in [2.75, 3.05) is 39.3 Å². The van der Waals surface area contributed by atoms with Gasteiger partial charge in [-0.05, 0) is 42.8 Å². The van der Waals surface area contributed by atoms with Gasteiger partial charge in [0.2, 0.25) is 0 Å². The van der Waals surface area contributed by atoms with Gasteiger partial charge in [-0.1, -0.05) is 45.0 Å². The van der Waals surface area contributed by atoms with E-state index >= 15 is 0 Å². The predicted octanol–water partition coefficient (Wildman–Crippen LogP) is 6.11. The van der Waals surface area contributed by atoms with E-state index in [9.17, 15) is 4.79 Å². The fourth-order valence-electron chi connectivity index (χ4n) is 3.15. The molecule has 0 aliphatic heterocycles. The zero-order valence-electron chi connectivity index (χ0n) is 20.9. The third-order valence-electron chi connectivity index (χ3n) is 6.33. The highest BCUT2D eigenvalue weighted by atomic mass is 28.4. The molecule has 2 aromatic carbocycles. The van der Waals surface area contributed by atoms with Crippen LogP contribution in [0.1, 0.15) is 49.0 Å². The fraction of sp³-hybridized carbons (Fsp3) is 0.500. The summed E-state index contributed by atoms with van der Waals surface area (Å²) >= 11 is 0. The molecule has 0 radical (unpaired) electrons. The van der Waals surface area contributed by atoms with Crippen LogP contribution in [-0.2, 0) is 9.16 Å². The summed E-state index contributed by atoms with van der Waals surface area (Å²) in [5.74, 6) is 0.452. The largest absolute Gasteiger partial charge is 0.496 e. The maximum atomic E-state index is 12.6. The molecule has 0 spiro atoms. The van der Waals surface area contributed by atoms with E-state index in [1.807, 2.05) is 43.3 Å². The molecule has 0 aliphatic carbocycles. The molecule has 0 bridgehead atoms. The molecule has 176 valence electrons. The zero-order chi connectivity index (χ0) is 23.9. The second-order valence-electron chi connectivity index (χ2n) is 9.88. The first kappa shape index (κ1) is 25.9. The van der Waals surface area contributed by atoms with Crippen molar-refractivity contribution in [1.82, 2.24) is 0 Å². The van der Waals surface area contributed by atoms with Crippen LogP contribution in [0.4, 0.5) is 5.69 Å². The highest BCUT2D eigenvalue weighted by Crippen LogP contribution is 2.38. The second-order valence-corrected chi connectivity index (χ2v) is 14.7. The molecular weight excluding hydrogens is 418 g/mol. The van der Waals surface area contributed by atoms with Crippen LogP contribution in [0.5, 0.6) is 5.75 Å². The van der Waals surface area contributed by atoms with E-state index in [0.29, 0.717) is 12.2 Å². The van der Waals surface area contributed by atoms with Gasteiger partial charge in [-0.3, -0.25) is 0 Å². The molecule has 0 fully saturated rings. The summed E-state index contributed by atoms with van der Waals surface area (Å²) in [7, 11) is 3.82. The molecule has 6 heteroatoms. The summed E-state index contributed by atoms with van der Waals surface area (Å²) in [6.07, 6.45) is 0.742. The van der Waals surface area contributed by atoms with Crippen LogP contribution in [-0.4, -0.2) is 48.7 Å². The highest BCUT2D eigenvalue weighted by molar-refractivity contribution is 6.74. The van der Waals surface area contributed by atoms with Gasteiger partial charge < -0.3 is 18.8 Å². The summed E-state index contributed by atoms with van der Waals surface area (Å²) in [4.78, 5) is 14.6. The van der Waals surface area contributed by atoms with Crippen LogP contribution >= 0.6 is 0 Å². The maximum Gasteiger partial charge on any atom is 0.338 e. The van der Waals surface area contributed by atoms with Gasteiger partial charge >= 0.3 is 5.97 Å². The standard InChI is InChI=1S/C26H39NO4Si/c1-26(2,3)32(7,8)31-17-16-21(19-30-25(28)20-12-10-9-11-13-20)23-15-14-22(27(4)5)18-24(23)29-6/h9-15,18,21H,16-17,19H2,1-8H3/t21-/m0/s1. The van der Waals surface area contributed by atoms with E-state index in [-0.39, 0.29) is 23.5 Å². The van der Waals surface area contributed by atoms with Gasteiger partial charge in [0.05, 0.1) is 19.3 Å². The lowest BCUT2D eigenvalue weighted by Gasteiger charge is -2.36. The summed E-state index contributed by atoms with van der Waals surface area (Å²) in [6, 6.07) is 15.3. The molecule has 0 saturated carbocycles. The first-order valence-corrected chi connectivity index (χ1v) is 14.1. The topological polar surface area (TPSA) is 48.0 Å². The Hall–Kier alpha value is -2.31. The number of nitrogens with zero attached hydrogens (tertiary/aromatic N) is 1. The number of rotatable bonds is 10. The minimum Gasteiger partial charge on any atom is -0.496 e. The van der Waals surface area contributed by atoms with Gasteiger partial charge in [-0.25, -0.2) is 4.79 Å². The summed E-state index contributed by atoms with van der Waals surface area (Å²) in [5.41, 5.74) is 2.64. The molecule has 0 amide bonds. The van der Waals surface area contributed by atoms with E-state index in [1.165, 1.54) is 0 Å². The summed E-state index contributed by atoms with van der Waals surface area (Å²) < 4.78 is 17.9. The van der Waals surface area contributed by atoms with Crippen molar-refractivity contribution in [2.45, 2.75) is 51.2 Å². The SMILES string of the molecule is COc1cc(N(C)C)ccc1[C@@H](CCO[Si](C)(C)C(C)(C)C)COC(=O)c1ccccc1. The Bertz CT molecular complexity index is 875. The third-order valence-corrected chi connectivity index (χ3v) is 10.9.